The van der Waals surface area contributed by atoms with Crippen LogP contribution in [0.3, 0.4) is 0 Å². The van der Waals surface area contributed by atoms with Crippen molar-refractivity contribution in [1.29, 1.82) is 0 Å². The molecular weight excluding hydrogens is 700 g/mol. The lowest BCUT2D eigenvalue weighted by Gasteiger charge is -2.26. The summed E-state index contributed by atoms with van der Waals surface area (Å²) >= 11 is 0. The van der Waals surface area contributed by atoms with E-state index in [2.05, 4.69) is 13.8 Å². The maximum absolute atomic E-state index is 13.1. The van der Waals surface area contributed by atoms with E-state index in [-0.39, 0.29) is 61.5 Å². The first-order valence-electron chi connectivity index (χ1n) is 22.9. The predicted octanol–water partition coefficient (Wildman–Crippen LogP) is 9.76. The summed E-state index contributed by atoms with van der Waals surface area (Å²) in [6.45, 7) is 5.76. The molecular formula is C45H76O10. The number of hydrogen-bond acceptors (Lipinski definition) is 10. The molecule has 8 atom stereocenters. The summed E-state index contributed by atoms with van der Waals surface area (Å²) in [6, 6.07) is 0. The summed E-state index contributed by atoms with van der Waals surface area (Å²) in [5, 5.41) is 0. The van der Waals surface area contributed by atoms with Crippen molar-refractivity contribution < 1.29 is 47.6 Å². The van der Waals surface area contributed by atoms with Gasteiger partial charge in [-0.25, -0.2) is 0 Å². The zero-order valence-corrected chi connectivity index (χ0v) is 34.6. The fraction of sp³-hybridized carbons (Fsp3) is 0.911. The average molecular weight is 777 g/mol. The molecule has 0 bridgehead atoms. The van der Waals surface area contributed by atoms with E-state index in [9.17, 15) is 19.2 Å². The van der Waals surface area contributed by atoms with E-state index in [4.69, 9.17) is 28.4 Å². The summed E-state index contributed by atoms with van der Waals surface area (Å²) in [5.74, 6) is -3.43. The first-order chi connectivity index (χ1) is 26.9. The lowest BCUT2D eigenvalue weighted by Crippen LogP contribution is -2.38. The number of unbranched alkanes of at least 4 members (excludes halogenated alkanes) is 20. The summed E-state index contributed by atoms with van der Waals surface area (Å²) in [7, 11) is 0. The molecule has 4 aliphatic rings. The van der Waals surface area contributed by atoms with Crippen molar-refractivity contribution in [2.45, 2.75) is 212 Å². The lowest BCUT2D eigenvalue weighted by atomic mass is 9.79. The number of ether oxygens (including phenoxy) is 6. The van der Waals surface area contributed by atoms with Gasteiger partial charge < -0.3 is 28.4 Å². The summed E-state index contributed by atoms with van der Waals surface area (Å²) in [6.07, 6.45) is 28.5. The van der Waals surface area contributed by atoms with Crippen LogP contribution in [0.5, 0.6) is 0 Å². The maximum Gasteiger partial charge on any atom is 0.309 e. The Hall–Kier alpha value is -2.20. The minimum absolute atomic E-state index is 0.0331. The van der Waals surface area contributed by atoms with E-state index < -0.39 is 23.7 Å². The molecule has 10 heteroatoms. The molecule has 2 aliphatic carbocycles. The van der Waals surface area contributed by atoms with Crippen LogP contribution >= 0.6 is 0 Å². The summed E-state index contributed by atoms with van der Waals surface area (Å²) < 4.78 is 33.9. The van der Waals surface area contributed by atoms with Crippen molar-refractivity contribution in [3.8, 4) is 0 Å². The summed E-state index contributed by atoms with van der Waals surface area (Å²) in [4.78, 5) is 52.2. The van der Waals surface area contributed by atoms with Gasteiger partial charge >= 0.3 is 23.9 Å². The second kappa shape index (κ2) is 26.7. The first kappa shape index (κ1) is 45.5. The molecule has 0 amide bonds. The van der Waals surface area contributed by atoms with E-state index in [0.29, 0.717) is 58.2 Å². The van der Waals surface area contributed by atoms with Gasteiger partial charge in [0.25, 0.3) is 0 Å². The van der Waals surface area contributed by atoms with Gasteiger partial charge in [0.15, 0.2) is 0 Å². The van der Waals surface area contributed by atoms with E-state index in [1.807, 2.05) is 0 Å². The SMILES string of the molecule is CCCCCCCCCCCCOC(=O)C1CC2OC2CC1C(=O)OCCCCCOC(=O)C1CC2OC2CC1C(=O)OCCCCCCCCCCCC. The first-order valence-corrected chi connectivity index (χ1v) is 22.9. The Labute approximate surface area is 332 Å². The molecule has 2 saturated carbocycles. The van der Waals surface area contributed by atoms with E-state index in [0.717, 1.165) is 38.5 Å². The monoisotopic (exact) mass is 777 g/mol. The average Bonchev–Trinajstić information content (AvgIpc) is 4.12. The fourth-order valence-electron chi connectivity index (χ4n) is 8.57. The molecule has 2 saturated heterocycles. The van der Waals surface area contributed by atoms with E-state index in [1.54, 1.807) is 0 Å². The molecule has 4 fully saturated rings. The molecule has 4 rings (SSSR count). The van der Waals surface area contributed by atoms with Crippen molar-refractivity contribution in [1.82, 2.24) is 0 Å². The highest BCUT2D eigenvalue weighted by Crippen LogP contribution is 2.45. The highest BCUT2D eigenvalue weighted by molar-refractivity contribution is 5.83. The molecule has 55 heavy (non-hydrogen) atoms. The number of carbonyl (C=O) groups excluding carboxylic acids is 4. The van der Waals surface area contributed by atoms with Gasteiger partial charge in [-0.15, -0.1) is 0 Å². The molecule has 0 aromatic heterocycles. The van der Waals surface area contributed by atoms with Crippen LogP contribution in [0.4, 0.5) is 0 Å². The quantitative estimate of drug-likeness (QED) is 0.0282. The predicted molar refractivity (Wildman–Crippen MR) is 211 cm³/mol. The van der Waals surface area contributed by atoms with Gasteiger partial charge in [-0.05, 0) is 57.8 Å². The van der Waals surface area contributed by atoms with Crippen LogP contribution in [0.1, 0.15) is 187 Å². The third-order valence-corrected chi connectivity index (χ3v) is 12.3. The Morgan fingerprint density at radius 2 is 0.545 bits per heavy atom. The second-order valence-electron chi connectivity index (χ2n) is 16.9. The molecule has 0 N–H and O–H groups in total. The zero-order chi connectivity index (χ0) is 39.1. The minimum atomic E-state index is -0.537. The van der Waals surface area contributed by atoms with Crippen LogP contribution in [0.15, 0.2) is 0 Å². The van der Waals surface area contributed by atoms with Crippen molar-refractivity contribution >= 4 is 23.9 Å². The molecule has 0 spiro atoms. The van der Waals surface area contributed by atoms with Crippen molar-refractivity contribution in [2.24, 2.45) is 23.7 Å². The second-order valence-corrected chi connectivity index (χ2v) is 16.9. The van der Waals surface area contributed by atoms with Crippen LogP contribution < -0.4 is 0 Å². The highest BCUT2D eigenvalue weighted by atomic mass is 16.6. The number of esters is 4. The lowest BCUT2D eigenvalue weighted by molar-refractivity contribution is -0.162. The molecule has 8 unspecified atom stereocenters. The van der Waals surface area contributed by atoms with Gasteiger partial charge in [-0.3, -0.25) is 19.2 Å². The molecule has 0 aromatic carbocycles. The molecule has 2 heterocycles. The minimum Gasteiger partial charge on any atom is -0.465 e. The van der Waals surface area contributed by atoms with Gasteiger partial charge in [-0.2, -0.15) is 0 Å². The van der Waals surface area contributed by atoms with Crippen molar-refractivity contribution in [2.75, 3.05) is 26.4 Å². The van der Waals surface area contributed by atoms with E-state index in [1.165, 1.54) is 89.9 Å². The molecule has 0 aromatic rings. The number of carbonyl (C=O) groups is 4. The van der Waals surface area contributed by atoms with Crippen LogP contribution in [-0.4, -0.2) is 74.7 Å². The number of epoxide rings is 2. The summed E-state index contributed by atoms with van der Waals surface area (Å²) in [5.41, 5.74) is 0. The van der Waals surface area contributed by atoms with Crippen LogP contribution in [0.2, 0.25) is 0 Å². The Kier molecular flexibility index (Phi) is 22.1. The third-order valence-electron chi connectivity index (χ3n) is 12.3. The largest absolute Gasteiger partial charge is 0.465 e. The molecule has 0 radical (unpaired) electrons. The fourth-order valence-corrected chi connectivity index (χ4v) is 8.57. The topological polar surface area (TPSA) is 130 Å². The van der Waals surface area contributed by atoms with Crippen molar-refractivity contribution in [3.63, 3.8) is 0 Å². The standard InChI is InChI=1S/C45H76O10/c1-3-5-7-9-11-13-15-17-19-22-26-50-42(46)34-30-38-40(54-38)32-36(34)44(48)52-28-24-21-25-29-53-45(49)37-33-41-39(55-41)31-35(37)43(47)51-27-23-20-18-16-14-12-10-8-6-4-2/h34-41H,3-33H2,1-2H3. The van der Waals surface area contributed by atoms with Gasteiger partial charge in [0.2, 0.25) is 0 Å². The van der Waals surface area contributed by atoms with E-state index >= 15 is 0 Å². The molecule has 316 valence electrons. The Balaban J connectivity index is 1.03. The van der Waals surface area contributed by atoms with Crippen LogP contribution in [0, 0.1) is 23.7 Å². The zero-order valence-electron chi connectivity index (χ0n) is 34.6. The smallest absolute Gasteiger partial charge is 0.309 e. The third kappa shape index (κ3) is 17.5. The normalized spacial score (nSPS) is 26.4. The van der Waals surface area contributed by atoms with Gasteiger partial charge in [0.05, 0.1) is 74.5 Å². The van der Waals surface area contributed by atoms with Crippen molar-refractivity contribution in [3.05, 3.63) is 0 Å². The Bertz CT molecular complexity index is 1030. The maximum atomic E-state index is 13.1. The van der Waals surface area contributed by atoms with Crippen LogP contribution in [0.25, 0.3) is 0 Å². The number of rotatable bonds is 32. The van der Waals surface area contributed by atoms with Gasteiger partial charge in [-0.1, -0.05) is 129 Å². The Morgan fingerprint density at radius 1 is 0.345 bits per heavy atom. The van der Waals surface area contributed by atoms with Gasteiger partial charge in [0, 0.05) is 0 Å². The van der Waals surface area contributed by atoms with Gasteiger partial charge in [0.1, 0.15) is 0 Å². The Morgan fingerprint density at radius 3 is 0.782 bits per heavy atom. The molecule has 2 aliphatic heterocycles. The molecule has 10 nitrogen and oxygen atoms in total. The highest BCUT2D eigenvalue weighted by Gasteiger charge is 2.54. The number of fused-ring (bicyclic) bond motifs is 2. The number of hydrogen-bond donors (Lipinski definition) is 0. The van der Waals surface area contributed by atoms with Crippen LogP contribution in [-0.2, 0) is 47.6 Å².